The summed E-state index contributed by atoms with van der Waals surface area (Å²) >= 11 is 4.89. The highest BCUT2D eigenvalue weighted by molar-refractivity contribution is 9.10. The predicted octanol–water partition coefficient (Wildman–Crippen LogP) is 4.81. The molecule has 2 aromatic carbocycles. The maximum atomic E-state index is 5.72. The van der Waals surface area contributed by atoms with Gasteiger partial charge in [-0.3, -0.25) is 0 Å². The maximum absolute atomic E-state index is 5.72. The molecule has 0 aliphatic rings. The number of aromatic nitrogens is 2. The molecule has 7 heteroatoms. The van der Waals surface area contributed by atoms with Crippen LogP contribution >= 0.6 is 27.7 Å². The maximum Gasteiger partial charge on any atom is 0.277 e. The predicted molar refractivity (Wildman–Crippen MR) is 96.5 cm³/mol. The van der Waals surface area contributed by atoms with E-state index < -0.39 is 0 Å². The molecule has 5 nitrogen and oxygen atoms in total. The second-order valence-electron chi connectivity index (χ2n) is 4.85. The van der Waals surface area contributed by atoms with Gasteiger partial charge in [-0.25, -0.2) is 0 Å². The molecule has 1 aromatic heterocycles. The zero-order valence-corrected chi connectivity index (χ0v) is 15.6. The number of nitrogens with zero attached hydrogens (tertiary/aromatic N) is 2. The van der Waals surface area contributed by atoms with E-state index in [1.54, 1.807) is 14.2 Å². The first-order chi connectivity index (χ1) is 11.7. The van der Waals surface area contributed by atoms with Gasteiger partial charge in [0.2, 0.25) is 5.89 Å². The van der Waals surface area contributed by atoms with Gasteiger partial charge in [0.05, 0.1) is 14.2 Å². The number of hydrogen-bond acceptors (Lipinski definition) is 6. The molecule has 0 aliphatic heterocycles. The van der Waals surface area contributed by atoms with Crippen LogP contribution in [0.2, 0.25) is 0 Å². The van der Waals surface area contributed by atoms with E-state index in [0.29, 0.717) is 16.9 Å². The lowest BCUT2D eigenvalue weighted by molar-refractivity contribution is 0.400. The summed E-state index contributed by atoms with van der Waals surface area (Å²) in [4.78, 5) is 0. The number of benzene rings is 2. The van der Waals surface area contributed by atoms with Crippen molar-refractivity contribution in [3.63, 3.8) is 0 Å². The fraction of sp³-hybridized carbons (Fsp3) is 0.176. The van der Waals surface area contributed by atoms with Gasteiger partial charge in [0.25, 0.3) is 5.22 Å². The Labute approximate surface area is 152 Å². The zero-order valence-electron chi connectivity index (χ0n) is 13.2. The first-order valence-electron chi connectivity index (χ1n) is 7.12. The van der Waals surface area contributed by atoms with Crippen LogP contribution < -0.4 is 9.47 Å². The van der Waals surface area contributed by atoms with Crippen LogP contribution in [-0.2, 0) is 5.75 Å². The van der Waals surface area contributed by atoms with Gasteiger partial charge in [0, 0.05) is 21.4 Å². The van der Waals surface area contributed by atoms with E-state index in [9.17, 15) is 0 Å². The molecule has 24 heavy (non-hydrogen) atoms. The Morgan fingerprint density at radius 3 is 2.71 bits per heavy atom. The Morgan fingerprint density at radius 2 is 1.96 bits per heavy atom. The normalized spacial score (nSPS) is 10.6. The summed E-state index contributed by atoms with van der Waals surface area (Å²) in [5, 5.41) is 8.71. The van der Waals surface area contributed by atoms with Gasteiger partial charge < -0.3 is 13.9 Å². The summed E-state index contributed by atoms with van der Waals surface area (Å²) in [6.07, 6.45) is 0. The standard InChI is InChI=1S/C17H15BrN2O3S/c1-21-14-6-7-15(22-2)12(9-14)10-24-17-20-19-16(23-17)11-4-3-5-13(18)8-11/h3-9H,10H2,1-2H3. The van der Waals surface area contributed by atoms with Gasteiger partial charge in [0.1, 0.15) is 11.5 Å². The lowest BCUT2D eigenvalue weighted by Crippen LogP contribution is -1.92. The summed E-state index contributed by atoms with van der Waals surface area (Å²) < 4.78 is 17.3. The van der Waals surface area contributed by atoms with Crippen molar-refractivity contribution in [3.8, 4) is 23.0 Å². The average Bonchev–Trinajstić information content (AvgIpc) is 3.08. The molecule has 0 spiro atoms. The van der Waals surface area contributed by atoms with Gasteiger partial charge >= 0.3 is 0 Å². The van der Waals surface area contributed by atoms with Crippen molar-refractivity contribution in [2.75, 3.05) is 14.2 Å². The Bertz CT molecular complexity index is 838. The molecular weight excluding hydrogens is 392 g/mol. The monoisotopic (exact) mass is 406 g/mol. The molecule has 0 unspecified atom stereocenters. The van der Waals surface area contributed by atoms with E-state index >= 15 is 0 Å². The van der Waals surface area contributed by atoms with Crippen LogP contribution in [0.15, 0.2) is 56.6 Å². The topological polar surface area (TPSA) is 57.4 Å². The van der Waals surface area contributed by atoms with Gasteiger partial charge in [-0.1, -0.05) is 33.8 Å². The second kappa shape index (κ2) is 7.72. The van der Waals surface area contributed by atoms with Crippen molar-refractivity contribution >= 4 is 27.7 Å². The molecule has 0 fully saturated rings. The number of ether oxygens (including phenoxy) is 2. The minimum absolute atomic E-state index is 0.497. The SMILES string of the molecule is COc1ccc(OC)c(CSc2nnc(-c3cccc(Br)c3)o2)c1. The summed E-state index contributed by atoms with van der Waals surface area (Å²) in [5.41, 5.74) is 1.88. The third-order valence-corrected chi connectivity index (χ3v) is 4.68. The molecule has 0 radical (unpaired) electrons. The minimum atomic E-state index is 0.497. The fourth-order valence-electron chi connectivity index (χ4n) is 2.14. The molecule has 3 aromatic rings. The molecule has 0 bridgehead atoms. The van der Waals surface area contributed by atoms with Gasteiger partial charge in [0.15, 0.2) is 0 Å². The van der Waals surface area contributed by atoms with Crippen LogP contribution in [-0.4, -0.2) is 24.4 Å². The first-order valence-corrected chi connectivity index (χ1v) is 8.90. The van der Waals surface area contributed by atoms with Crippen LogP contribution in [0.25, 0.3) is 11.5 Å². The lowest BCUT2D eigenvalue weighted by atomic mass is 10.2. The van der Waals surface area contributed by atoms with E-state index in [2.05, 4.69) is 26.1 Å². The highest BCUT2D eigenvalue weighted by Crippen LogP contribution is 2.31. The number of rotatable bonds is 6. The van der Waals surface area contributed by atoms with Crippen LogP contribution in [0.4, 0.5) is 0 Å². The average molecular weight is 407 g/mol. The van der Waals surface area contributed by atoms with Crippen molar-refractivity contribution in [1.82, 2.24) is 10.2 Å². The molecule has 0 N–H and O–H groups in total. The van der Waals surface area contributed by atoms with E-state index in [4.69, 9.17) is 13.9 Å². The molecular formula is C17H15BrN2O3S. The summed E-state index contributed by atoms with van der Waals surface area (Å²) in [6.45, 7) is 0. The van der Waals surface area contributed by atoms with Crippen molar-refractivity contribution in [3.05, 3.63) is 52.5 Å². The largest absolute Gasteiger partial charge is 0.497 e. The van der Waals surface area contributed by atoms with Crippen LogP contribution in [0.3, 0.4) is 0 Å². The van der Waals surface area contributed by atoms with Crippen LogP contribution in [0.5, 0.6) is 11.5 Å². The highest BCUT2D eigenvalue weighted by Gasteiger charge is 2.12. The molecule has 0 saturated heterocycles. The molecule has 0 amide bonds. The third-order valence-electron chi connectivity index (χ3n) is 3.32. The summed E-state index contributed by atoms with van der Waals surface area (Å²) in [7, 11) is 3.29. The first kappa shape index (κ1) is 16.9. The third kappa shape index (κ3) is 3.91. The zero-order chi connectivity index (χ0) is 16.9. The molecule has 1 heterocycles. The molecule has 0 atom stereocenters. The van der Waals surface area contributed by atoms with Crippen molar-refractivity contribution < 1.29 is 13.9 Å². The van der Waals surface area contributed by atoms with Crippen molar-refractivity contribution in [1.29, 1.82) is 0 Å². The van der Waals surface area contributed by atoms with Crippen LogP contribution in [0.1, 0.15) is 5.56 Å². The van der Waals surface area contributed by atoms with Crippen LogP contribution in [0, 0.1) is 0 Å². The molecule has 3 rings (SSSR count). The number of thioether (sulfide) groups is 1. The molecule has 0 saturated carbocycles. The van der Waals surface area contributed by atoms with E-state index in [0.717, 1.165) is 27.1 Å². The Hall–Kier alpha value is -1.99. The summed E-state index contributed by atoms with van der Waals surface area (Å²) in [5.74, 6) is 2.72. The second-order valence-corrected chi connectivity index (χ2v) is 6.69. The molecule has 124 valence electrons. The Kier molecular flexibility index (Phi) is 5.42. The van der Waals surface area contributed by atoms with Crippen molar-refractivity contribution in [2.24, 2.45) is 0 Å². The van der Waals surface area contributed by atoms with Crippen molar-refractivity contribution in [2.45, 2.75) is 11.0 Å². The lowest BCUT2D eigenvalue weighted by Gasteiger charge is -2.09. The molecule has 0 aliphatic carbocycles. The highest BCUT2D eigenvalue weighted by atomic mass is 79.9. The minimum Gasteiger partial charge on any atom is -0.497 e. The van der Waals surface area contributed by atoms with E-state index in [-0.39, 0.29) is 0 Å². The summed E-state index contributed by atoms with van der Waals surface area (Å²) in [6, 6.07) is 13.4. The Morgan fingerprint density at radius 1 is 1.08 bits per heavy atom. The van der Waals surface area contributed by atoms with Gasteiger partial charge in [-0.05, 0) is 36.4 Å². The number of methoxy groups -OCH3 is 2. The number of halogens is 1. The Balaban J connectivity index is 1.74. The fourth-order valence-corrected chi connectivity index (χ4v) is 3.28. The van der Waals surface area contributed by atoms with E-state index in [1.165, 1.54) is 11.8 Å². The van der Waals surface area contributed by atoms with E-state index in [1.807, 2.05) is 42.5 Å². The number of hydrogen-bond donors (Lipinski definition) is 0. The smallest absolute Gasteiger partial charge is 0.277 e. The quantitative estimate of drug-likeness (QED) is 0.547. The van der Waals surface area contributed by atoms with Gasteiger partial charge in [-0.15, -0.1) is 10.2 Å². The van der Waals surface area contributed by atoms with Gasteiger partial charge in [-0.2, -0.15) is 0 Å².